The monoisotopic (exact) mass is 326 g/mol. The Bertz CT molecular complexity index is 792. The maximum absolute atomic E-state index is 10.3. The highest BCUT2D eigenvalue weighted by atomic mass is 16.5. The number of phenols is 3. The summed E-state index contributed by atoms with van der Waals surface area (Å²) in [5.74, 6) is 0.947. The van der Waals surface area contributed by atoms with Crippen LogP contribution in [-0.4, -0.2) is 21.9 Å². The lowest BCUT2D eigenvalue weighted by Gasteiger charge is -2.28. The summed E-state index contributed by atoms with van der Waals surface area (Å²) in [6.45, 7) is 8.16. The fourth-order valence-corrected chi connectivity index (χ4v) is 3.11. The molecular weight excluding hydrogens is 304 g/mol. The molecule has 4 nitrogen and oxygen atoms in total. The number of hydrogen-bond acceptors (Lipinski definition) is 4. The van der Waals surface area contributed by atoms with Gasteiger partial charge >= 0.3 is 0 Å². The second-order valence-electron chi connectivity index (χ2n) is 6.86. The van der Waals surface area contributed by atoms with E-state index in [0.29, 0.717) is 18.8 Å². The van der Waals surface area contributed by atoms with Crippen LogP contribution in [0, 0.1) is 0 Å². The fourth-order valence-electron chi connectivity index (χ4n) is 3.11. The molecule has 3 N–H and O–H groups in total. The molecule has 0 bridgehead atoms. The molecule has 0 saturated heterocycles. The van der Waals surface area contributed by atoms with Crippen LogP contribution in [0.25, 0.3) is 0 Å². The molecule has 0 aromatic heterocycles. The fraction of sp³-hybridized carbons (Fsp3) is 0.300. The van der Waals surface area contributed by atoms with Gasteiger partial charge in [-0.1, -0.05) is 26.0 Å². The smallest absolute Gasteiger partial charge is 0.126 e. The number of ether oxygens (including phenoxy) is 1. The zero-order valence-corrected chi connectivity index (χ0v) is 13.9. The predicted molar refractivity (Wildman–Crippen MR) is 93.0 cm³/mol. The van der Waals surface area contributed by atoms with Crippen LogP contribution < -0.4 is 4.74 Å². The van der Waals surface area contributed by atoms with E-state index in [1.54, 1.807) is 18.2 Å². The van der Waals surface area contributed by atoms with Gasteiger partial charge in [0.1, 0.15) is 23.0 Å². The minimum absolute atomic E-state index is 0.0259. The Balaban J connectivity index is 2.00. The number of allylic oxidation sites excluding steroid dienone is 1. The van der Waals surface area contributed by atoms with Crippen molar-refractivity contribution in [1.82, 2.24) is 0 Å². The van der Waals surface area contributed by atoms with E-state index in [1.165, 1.54) is 6.07 Å². The van der Waals surface area contributed by atoms with Crippen molar-refractivity contribution in [1.29, 1.82) is 0 Å². The first kappa shape index (κ1) is 16.2. The van der Waals surface area contributed by atoms with Gasteiger partial charge in [-0.3, -0.25) is 0 Å². The molecule has 0 aliphatic carbocycles. The minimum atomic E-state index is -0.411. The van der Waals surface area contributed by atoms with E-state index in [1.807, 2.05) is 26.0 Å². The van der Waals surface area contributed by atoms with Gasteiger partial charge in [-0.15, -0.1) is 6.58 Å². The molecule has 126 valence electrons. The van der Waals surface area contributed by atoms with Gasteiger partial charge in [-0.05, 0) is 24.1 Å². The van der Waals surface area contributed by atoms with Crippen molar-refractivity contribution in [3.63, 3.8) is 0 Å². The van der Waals surface area contributed by atoms with Gasteiger partial charge in [0.15, 0.2) is 0 Å². The second-order valence-corrected chi connectivity index (χ2v) is 6.86. The lowest BCUT2D eigenvalue weighted by Crippen LogP contribution is -2.20. The molecule has 24 heavy (non-hydrogen) atoms. The molecule has 0 spiro atoms. The quantitative estimate of drug-likeness (QED) is 0.746. The summed E-state index contributed by atoms with van der Waals surface area (Å²) in [7, 11) is 0. The SMILES string of the molecule is C=CC(C)(C)c1cc([C@H]2COc3cc(O)ccc3C2)c(O)cc1O. The molecule has 0 unspecified atom stereocenters. The van der Waals surface area contributed by atoms with E-state index in [4.69, 9.17) is 4.74 Å². The molecule has 2 aromatic rings. The first-order valence-electron chi connectivity index (χ1n) is 7.96. The number of aromatic hydroxyl groups is 3. The van der Waals surface area contributed by atoms with Crippen molar-refractivity contribution in [2.75, 3.05) is 6.61 Å². The molecule has 0 saturated carbocycles. The highest BCUT2D eigenvalue weighted by molar-refractivity contribution is 5.52. The zero-order valence-electron chi connectivity index (χ0n) is 13.9. The lowest BCUT2D eigenvalue weighted by molar-refractivity contribution is 0.258. The predicted octanol–water partition coefficient (Wildman–Crippen LogP) is 3.99. The number of phenolic OH excluding ortho intramolecular Hbond substituents is 3. The second kappa shape index (κ2) is 5.78. The van der Waals surface area contributed by atoms with Crippen molar-refractivity contribution in [2.45, 2.75) is 31.6 Å². The van der Waals surface area contributed by atoms with Crippen LogP contribution in [-0.2, 0) is 11.8 Å². The van der Waals surface area contributed by atoms with Crippen molar-refractivity contribution >= 4 is 0 Å². The Morgan fingerprint density at radius 2 is 1.88 bits per heavy atom. The lowest BCUT2D eigenvalue weighted by atomic mass is 9.80. The molecule has 2 aromatic carbocycles. The summed E-state index contributed by atoms with van der Waals surface area (Å²) in [4.78, 5) is 0. The van der Waals surface area contributed by atoms with Gasteiger partial charge in [0.2, 0.25) is 0 Å². The molecule has 0 fully saturated rings. The molecular formula is C20H22O4. The van der Waals surface area contributed by atoms with Crippen molar-refractivity contribution < 1.29 is 20.1 Å². The Hall–Kier alpha value is -2.62. The van der Waals surface area contributed by atoms with Gasteiger partial charge in [0.25, 0.3) is 0 Å². The Kier molecular flexibility index (Phi) is 3.91. The summed E-state index contributed by atoms with van der Waals surface area (Å²) in [5.41, 5.74) is 2.05. The molecule has 3 rings (SSSR count). The first-order chi connectivity index (χ1) is 11.3. The zero-order chi connectivity index (χ0) is 17.5. The molecule has 1 aliphatic rings. The highest BCUT2D eigenvalue weighted by Gasteiger charge is 2.28. The topological polar surface area (TPSA) is 69.9 Å². The molecule has 0 amide bonds. The summed E-state index contributed by atoms with van der Waals surface area (Å²) in [5, 5.41) is 30.1. The summed E-state index contributed by atoms with van der Waals surface area (Å²) >= 11 is 0. The van der Waals surface area contributed by atoms with Crippen molar-refractivity contribution in [2.24, 2.45) is 0 Å². The Labute approximate surface area is 141 Å². The van der Waals surface area contributed by atoms with Gasteiger partial charge in [-0.2, -0.15) is 0 Å². The third kappa shape index (κ3) is 2.80. The van der Waals surface area contributed by atoms with Crippen molar-refractivity contribution in [3.05, 3.63) is 59.7 Å². The maximum Gasteiger partial charge on any atom is 0.126 e. The van der Waals surface area contributed by atoms with Gasteiger partial charge in [0, 0.05) is 34.6 Å². The van der Waals surface area contributed by atoms with Gasteiger partial charge in [0.05, 0.1) is 6.61 Å². The average Bonchev–Trinajstić information content (AvgIpc) is 2.54. The van der Waals surface area contributed by atoms with E-state index >= 15 is 0 Å². The van der Waals surface area contributed by atoms with E-state index in [0.717, 1.165) is 16.7 Å². The van der Waals surface area contributed by atoms with Crippen LogP contribution >= 0.6 is 0 Å². The average molecular weight is 326 g/mol. The summed E-state index contributed by atoms with van der Waals surface area (Å²) in [6, 6.07) is 8.30. The van der Waals surface area contributed by atoms with Crippen molar-refractivity contribution in [3.8, 4) is 23.0 Å². The number of benzene rings is 2. The first-order valence-corrected chi connectivity index (χ1v) is 7.96. The molecule has 4 heteroatoms. The molecule has 1 atom stereocenters. The Morgan fingerprint density at radius 1 is 1.12 bits per heavy atom. The van der Waals surface area contributed by atoms with Crippen LogP contribution in [0.2, 0.25) is 0 Å². The van der Waals surface area contributed by atoms with Crippen LogP contribution in [0.5, 0.6) is 23.0 Å². The normalized spacial score (nSPS) is 17.0. The van der Waals surface area contributed by atoms with Crippen LogP contribution in [0.3, 0.4) is 0 Å². The van der Waals surface area contributed by atoms with Gasteiger partial charge < -0.3 is 20.1 Å². The number of fused-ring (bicyclic) bond motifs is 1. The van der Waals surface area contributed by atoms with E-state index in [2.05, 4.69) is 6.58 Å². The van der Waals surface area contributed by atoms with E-state index in [-0.39, 0.29) is 23.2 Å². The molecule has 0 radical (unpaired) electrons. The Morgan fingerprint density at radius 3 is 2.58 bits per heavy atom. The summed E-state index contributed by atoms with van der Waals surface area (Å²) in [6.07, 6.45) is 2.47. The van der Waals surface area contributed by atoms with E-state index < -0.39 is 5.41 Å². The van der Waals surface area contributed by atoms with Crippen LogP contribution in [0.4, 0.5) is 0 Å². The van der Waals surface area contributed by atoms with E-state index in [9.17, 15) is 15.3 Å². The third-order valence-electron chi connectivity index (χ3n) is 4.75. The van der Waals surface area contributed by atoms with Gasteiger partial charge in [-0.25, -0.2) is 0 Å². The minimum Gasteiger partial charge on any atom is -0.508 e. The van der Waals surface area contributed by atoms with Crippen LogP contribution in [0.1, 0.15) is 36.5 Å². The maximum atomic E-state index is 10.3. The molecule has 1 aliphatic heterocycles. The summed E-state index contributed by atoms with van der Waals surface area (Å²) < 4.78 is 5.75. The number of rotatable bonds is 3. The third-order valence-corrected chi connectivity index (χ3v) is 4.75. The molecule has 1 heterocycles. The largest absolute Gasteiger partial charge is 0.508 e. The number of hydrogen-bond donors (Lipinski definition) is 3. The highest BCUT2D eigenvalue weighted by Crippen LogP contribution is 2.42. The van der Waals surface area contributed by atoms with Crippen LogP contribution in [0.15, 0.2) is 43.0 Å². The standard InChI is InChI=1S/C20H22O4/c1-4-20(2,3)16-9-15(17(22)10-18(16)23)13-7-12-5-6-14(21)8-19(12)24-11-13/h4-6,8-10,13,21-23H,1,7,11H2,2-3H3/t13-/m1/s1.